The predicted octanol–water partition coefficient (Wildman–Crippen LogP) is 5.71. The van der Waals surface area contributed by atoms with Gasteiger partial charge >= 0.3 is 0 Å². The van der Waals surface area contributed by atoms with E-state index in [0.29, 0.717) is 19.2 Å². The lowest BCUT2D eigenvalue weighted by Crippen LogP contribution is -2.02. The second-order valence-corrected chi connectivity index (χ2v) is 7.88. The number of nitrogens with one attached hydrogen (secondary N) is 1. The van der Waals surface area contributed by atoms with Gasteiger partial charge in [0, 0.05) is 11.1 Å². The van der Waals surface area contributed by atoms with Crippen LogP contribution in [0.4, 0.5) is 5.95 Å². The zero-order chi connectivity index (χ0) is 24.7. The molecule has 0 aliphatic carbocycles. The molecule has 1 heterocycles. The molecule has 0 unspecified atom stereocenters. The molecule has 0 spiro atoms. The molecule has 0 saturated carbocycles. The summed E-state index contributed by atoms with van der Waals surface area (Å²) in [6.45, 7) is 5.05. The third-order valence-electron chi connectivity index (χ3n) is 5.66. The Kier molecular flexibility index (Phi) is 6.84. The summed E-state index contributed by atoms with van der Waals surface area (Å²) in [4.78, 5) is 0. The van der Waals surface area contributed by atoms with E-state index in [4.69, 9.17) is 9.47 Å². The molecule has 0 bridgehead atoms. The van der Waals surface area contributed by atoms with Gasteiger partial charge in [-0.3, -0.25) is 0 Å². The van der Waals surface area contributed by atoms with Crippen molar-refractivity contribution in [2.24, 2.45) is 10.2 Å². The van der Waals surface area contributed by atoms with Gasteiger partial charge in [0.2, 0.25) is 0 Å². The monoisotopic (exact) mass is 478 g/mol. The summed E-state index contributed by atoms with van der Waals surface area (Å²) < 4.78 is 13.2. The standard InChI is InChI=1S/C28H26N6O2/c1-3-35-26-15-13-20-9-5-7-11-22(20)24(26)17-29-32-28-33-30-19-34(28)31-18-25-23-12-8-6-10-21(23)14-16-27(25)36-4-2/h5-19H,3-4H2,1-2H3,(H,32,33). The van der Waals surface area contributed by atoms with E-state index in [1.165, 1.54) is 11.0 Å². The summed E-state index contributed by atoms with van der Waals surface area (Å²) in [7, 11) is 0. The zero-order valence-electron chi connectivity index (χ0n) is 20.1. The number of nitrogens with zero attached hydrogens (tertiary/aromatic N) is 5. The van der Waals surface area contributed by atoms with Crippen LogP contribution in [0.1, 0.15) is 25.0 Å². The summed E-state index contributed by atoms with van der Waals surface area (Å²) in [5, 5.41) is 21.4. The number of rotatable bonds is 9. The summed E-state index contributed by atoms with van der Waals surface area (Å²) in [6, 6.07) is 24.2. The van der Waals surface area contributed by atoms with E-state index in [2.05, 4.69) is 44.0 Å². The number of hydrazone groups is 1. The highest BCUT2D eigenvalue weighted by Crippen LogP contribution is 2.28. The number of anilines is 1. The minimum Gasteiger partial charge on any atom is -0.493 e. The van der Waals surface area contributed by atoms with Gasteiger partial charge in [0.1, 0.15) is 17.8 Å². The third kappa shape index (κ3) is 4.74. The lowest BCUT2D eigenvalue weighted by atomic mass is 10.0. The molecule has 4 aromatic carbocycles. The summed E-state index contributed by atoms with van der Waals surface area (Å²) in [6.07, 6.45) is 5.00. The Bertz CT molecular complexity index is 1560. The SMILES string of the molecule is CCOc1ccc2ccccc2c1C=NNc1nncn1N=Cc1c(OCC)ccc2ccccc12. The molecule has 8 heteroatoms. The molecule has 0 radical (unpaired) electrons. The van der Waals surface area contributed by atoms with Gasteiger partial charge in [0.25, 0.3) is 5.95 Å². The Morgan fingerprint density at radius 3 is 1.97 bits per heavy atom. The number of aromatic nitrogens is 3. The highest BCUT2D eigenvalue weighted by Gasteiger charge is 2.09. The van der Waals surface area contributed by atoms with E-state index in [9.17, 15) is 0 Å². The van der Waals surface area contributed by atoms with Crippen LogP contribution in [0.2, 0.25) is 0 Å². The topological polar surface area (TPSA) is 85.9 Å². The van der Waals surface area contributed by atoms with Crippen LogP contribution in [-0.4, -0.2) is 40.5 Å². The molecule has 0 saturated heterocycles. The van der Waals surface area contributed by atoms with E-state index in [0.717, 1.165) is 44.2 Å². The normalized spacial score (nSPS) is 11.6. The first-order chi connectivity index (χ1) is 17.8. The van der Waals surface area contributed by atoms with Gasteiger partial charge in [-0.15, -0.1) is 10.2 Å². The van der Waals surface area contributed by atoms with Gasteiger partial charge in [0.15, 0.2) is 0 Å². The average molecular weight is 479 g/mol. The van der Waals surface area contributed by atoms with Crippen molar-refractivity contribution in [3.8, 4) is 11.5 Å². The largest absolute Gasteiger partial charge is 0.493 e. The molecule has 5 rings (SSSR count). The maximum absolute atomic E-state index is 5.84. The minimum absolute atomic E-state index is 0.374. The Hall–Kier alpha value is -4.72. The van der Waals surface area contributed by atoms with Gasteiger partial charge in [0.05, 0.1) is 25.6 Å². The fourth-order valence-corrected chi connectivity index (χ4v) is 4.04. The van der Waals surface area contributed by atoms with Gasteiger partial charge in [-0.05, 0) is 47.5 Å². The Balaban J connectivity index is 1.43. The van der Waals surface area contributed by atoms with E-state index in [-0.39, 0.29) is 0 Å². The smallest absolute Gasteiger partial charge is 0.265 e. The lowest BCUT2D eigenvalue weighted by Gasteiger charge is -2.10. The minimum atomic E-state index is 0.374. The molecular weight excluding hydrogens is 452 g/mol. The van der Waals surface area contributed by atoms with Crippen molar-refractivity contribution >= 4 is 39.9 Å². The summed E-state index contributed by atoms with van der Waals surface area (Å²) >= 11 is 0. The van der Waals surface area contributed by atoms with Gasteiger partial charge in [-0.1, -0.05) is 60.7 Å². The van der Waals surface area contributed by atoms with Crippen LogP contribution in [0.5, 0.6) is 11.5 Å². The first-order valence-corrected chi connectivity index (χ1v) is 11.8. The number of hydrogen-bond acceptors (Lipinski definition) is 7. The Morgan fingerprint density at radius 1 is 0.778 bits per heavy atom. The van der Waals surface area contributed by atoms with Crippen molar-refractivity contribution in [1.29, 1.82) is 0 Å². The van der Waals surface area contributed by atoms with Crippen LogP contribution in [0.3, 0.4) is 0 Å². The molecule has 0 atom stereocenters. The van der Waals surface area contributed by atoms with Gasteiger partial charge in [-0.2, -0.15) is 14.9 Å². The van der Waals surface area contributed by atoms with Crippen molar-refractivity contribution in [2.75, 3.05) is 18.6 Å². The van der Waals surface area contributed by atoms with Crippen LogP contribution in [0.15, 0.2) is 89.3 Å². The van der Waals surface area contributed by atoms with Crippen molar-refractivity contribution in [3.63, 3.8) is 0 Å². The number of benzene rings is 4. The van der Waals surface area contributed by atoms with Crippen LogP contribution >= 0.6 is 0 Å². The predicted molar refractivity (Wildman–Crippen MR) is 144 cm³/mol. The molecule has 8 nitrogen and oxygen atoms in total. The van der Waals surface area contributed by atoms with Crippen LogP contribution in [0.25, 0.3) is 21.5 Å². The number of fused-ring (bicyclic) bond motifs is 2. The van der Waals surface area contributed by atoms with Crippen LogP contribution in [0, 0.1) is 0 Å². The van der Waals surface area contributed by atoms with E-state index in [1.807, 2.05) is 68.4 Å². The Labute approximate surface area is 208 Å². The molecular formula is C28H26N6O2. The first kappa shape index (κ1) is 23.0. The quantitative estimate of drug-likeness (QED) is 0.217. The fourth-order valence-electron chi connectivity index (χ4n) is 4.04. The van der Waals surface area contributed by atoms with Crippen LogP contribution in [-0.2, 0) is 0 Å². The number of ether oxygens (including phenoxy) is 2. The summed E-state index contributed by atoms with van der Waals surface area (Å²) in [5.74, 6) is 1.90. The average Bonchev–Trinajstić information content (AvgIpc) is 3.36. The molecule has 0 aliphatic heterocycles. The molecule has 0 amide bonds. The van der Waals surface area contributed by atoms with E-state index < -0.39 is 0 Å². The Morgan fingerprint density at radius 2 is 1.36 bits per heavy atom. The van der Waals surface area contributed by atoms with Crippen LogP contribution < -0.4 is 14.9 Å². The lowest BCUT2D eigenvalue weighted by molar-refractivity contribution is 0.340. The second kappa shape index (κ2) is 10.7. The fraction of sp³-hybridized carbons (Fsp3) is 0.143. The first-order valence-electron chi connectivity index (χ1n) is 11.8. The van der Waals surface area contributed by atoms with Gasteiger partial charge in [-0.25, -0.2) is 5.43 Å². The second-order valence-electron chi connectivity index (χ2n) is 7.88. The third-order valence-corrected chi connectivity index (χ3v) is 5.66. The highest BCUT2D eigenvalue weighted by atomic mass is 16.5. The van der Waals surface area contributed by atoms with Gasteiger partial charge < -0.3 is 9.47 Å². The molecule has 180 valence electrons. The molecule has 0 fully saturated rings. The van der Waals surface area contributed by atoms with Crippen molar-refractivity contribution in [2.45, 2.75) is 13.8 Å². The maximum Gasteiger partial charge on any atom is 0.265 e. The molecule has 1 aromatic heterocycles. The molecule has 5 aromatic rings. The number of hydrogen-bond donors (Lipinski definition) is 1. The van der Waals surface area contributed by atoms with Crippen molar-refractivity contribution in [3.05, 3.63) is 90.3 Å². The van der Waals surface area contributed by atoms with E-state index in [1.54, 1.807) is 12.4 Å². The van der Waals surface area contributed by atoms with Crippen molar-refractivity contribution < 1.29 is 9.47 Å². The molecule has 0 aliphatic rings. The zero-order valence-corrected chi connectivity index (χ0v) is 20.1. The van der Waals surface area contributed by atoms with Crippen molar-refractivity contribution in [1.82, 2.24) is 14.9 Å². The van der Waals surface area contributed by atoms with E-state index >= 15 is 0 Å². The maximum atomic E-state index is 5.84. The molecule has 1 N–H and O–H groups in total. The highest BCUT2D eigenvalue weighted by molar-refractivity contribution is 6.03. The summed E-state index contributed by atoms with van der Waals surface area (Å²) in [5.41, 5.74) is 4.72. The molecule has 36 heavy (non-hydrogen) atoms.